The number of sulfonamides is 1. The highest BCUT2D eigenvalue weighted by atomic mass is 32.2. The van der Waals surface area contributed by atoms with Crippen molar-refractivity contribution >= 4 is 21.6 Å². The monoisotopic (exact) mass is 452 g/mol. The smallest absolute Gasteiger partial charge is 0.261 e. The topological polar surface area (TPSA) is 93.7 Å². The van der Waals surface area contributed by atoms with Crippen molar-refractivity contribution in [2.24, 2.45) is 0 Å². The van der Waals surface area contributed by atoms with E-state index in [2.05, 4.69) is 10.0 Å². The van der Waals surface area contributed by atoms with E-state index in [4.69, 9.17) is 9.47 Å². The molecule has 1 aliphatic rings. The quantitative estimate of drug-likeness (QED) is 0.593. The standard InChI is InChI=1S/C24H24N2O5S/c1-16-10-11-19(32(28,29)26-21-8-4-3-6-17(21)2)14-20(16)24(27)25-15-18-7-5-9-22-23(18)31-13-12-30-22/h3-11,14,26H,12-13,15H2,1-2H3,(H,25,27). The Bertz CT molecular complexity index is 1270. The van der Waals surface area contributed by atoms with Gasteiger partial charge in [-0.05, 0) is 49.2 Å². The Morgan fingerprint density at radius 3 is 2.53 bits per heavy atom. The molecular formula is C24H24N2O5S. The molecule has 0 aliphatic carbocycles. The molecule has 3 aromatic carbocycles. The van der Waals surface area contributed by atoms with E-state index in [9.17, 15) is 13.2 Å². The molecule has 1 heterocycles. The molecular weight excluding hydrogens is 428 g/mol. The Morgan fingerprint density at radius 2 is 1.72 bits per heavy atom. The molecule has 7 nitrogen and oxygen atoms in total. The first-order valence-electron chi connectivity index (χ1n) is 10.2. The van der Waals surface area contributed by atoms with Crippen LogP contribution in [0, 0.1) is 13.8 Å². The number of benzene rings is 3. The van der Waals surface area contributed by atoms with Gasteiger partial charge in [0.1, 0.15) is 13.2 Å². The summed E-state index contributed by atoms with van der Waals surface area (Å²) in [5.41, 5.74) is 3.05. The normalized spacial score (nSPS) is 12.8. The van der Waals surface area contributed by atoms with Gasteiger partial charge in [-0.15, -0.1) is 0 Å². The van der Waals surface area contributed by atoms with Crippen molar-refractivity contribution in [1.82, 2.24) is 5.32 Å². The molecule has 0 aromatic heterocycles. The second-order valence-corrected chi connectivity index (χ2v) is 9.20. The van der Waals surface area contributed by atoms with Crippen molar-refractivity contribution in [3.63, 3.8) is 0 Å². The molecule has 2 N–H and O–H groups in total. The van der Waals surface area contributed by atoms with E-state index < -0.39 is 10.0 Å². The fraction of sp³-hybridized carbons (Fsp3) is 0.208. The summed E-state index contributed by atoms with van der Waals surface area (Å²) in [6.07, 6.45) is 0. The van der Waals surface area contributed by atoms with Crippen molar-refractivity contribution in [2.75, 3.05) is 17.9 Å². The first-order chi connectivity index (χ1) is 15.3. The van der Waals surface area contributed by atoms with Gasteiger partial charge in [-0.3, -0.25) is 9.52 Å². The van der Waals surface area contributed by atoms with Crippen molar-refractivity contribution < 1.29 is 22.7 Å². The third kappa shape index (κ3) is 4.55. The number of aryl methyl sites for hydroxylation is 2. The lowest BCUT2D eigenvalue weighted by molar-refractivity contribution is 0.0949. The summed E-state index contributed by atoms with van der Waals surface area (Å²) < 4.78 is 39.7. The second kappa shape index (κ2) is 8.92. The van der Waals surface area contributed by atoms with Gasteiger partial charge in [0.05, 0.1) is 10.6 Å². The zero-order chi connectivity index (χ0) is 22.7. The number of fused-ring (bicyclic) bond motifs is 1. The molecule has 3 aromatic rings. The predicted octanol–water partition coefficient (Wildman–Crippen LogP) is 3.81. The second-order valence-electron chi connectivity index (χ2n) is 7.52. The zero-order valence-electron chi connectivity index (χ0n) is 17.8. The van der Waals surface area contributed by atoms with Gasteiger partial charge >= 0.3 is 0 Å². The average Bonchev–Trinajstić information content (AvgIpc) is 2.79. The summed E-state index contributed by atoms with van der Waals surface area (Å²) in [6.45, 7) is 4.75. The van der Waals surface area contributed by atoms with Gasteiger partial charge in [-0.2, -0.15) is 0 Å². The van der Waals surface area contributed by atoms with Gasteiger partial charge in [-0.1, -0.05) is 36.4 Å². The van der Waals surface area contributed by atoms with Crippen LogP contribution in [0.5, 0.6) is 11.5 Å². The number of amides is 1. The van der Waals surface area contributed by atoms with Crippen molar-refractivity contribution in [1.29, 1.82) is 0 Å². The van der Waals surface area contributed by atoms with Crippen LogP contribution in [0.1, 0.15) is 27.0 Å². The largest absolute Gasteiger partial charge is 0.486 e. The van der Waals surface area contributed by atoms with Crippen LogP contribution in [0.3, 0.4) is 0 Å². The third-order valence-corrected chi connectivity index (χ3v) is 6.60. The first kappa shape index (κ1) is 21.7. The Kier molecular flexibility index (Phi) is 6.05. The Balaban J connectivity index is 1.54. The molecule has 0 saturated heterocycles. The SMILES string of the molecule is Cc1ccccc1NS(=O)(=O)c1ccc(C)c(C(=O)NCc2cccc3c2OCCO3)c1. The molecule has 166 valence electrons. The van der Waals surface area contributed by atoms with E-state index in [0.717, 1.165) is 11.1 Å². The van der Waals surface area contributed by atoms with Crippen LogP contribution >= 0.6 is 0 Å². The maximum atomic E-state index is 12.9. The summed E-state index contributed by atoms with van der Waals surface area (Å²) in [4.78, 5) is 12.9. The van der Waals surface area contributed by atoms with Crippen LogP contribution < -0.4 is 19.5 Å². The minimum atomic E-state index is -3.85. The van der Waals surface area contributed by atoms with Crippen LogP contribution in [-0.2, 0) is 16.6 Å². The number of hydrogen-bond acceptors (Lipinski definition) is 5. The molecule has 0 fully saturated rings. The highest BCUT2D eigenvalue weighted by Crippen LogP contribution is 2.33. The molecule has 1 aliphatic heterocycles. The summed E-state index contributed by atoms with van der Waals surface area (Å²) in [5, 5.41) is 2.85. The first-order valence-corrected chi connectivity index (χ1v) is 11.7. The maximum Gasteiger partial charge on any atom is 0.261 e. The van der Waals surface area contributed by atoms with Gasteiger partial charge in [0.2, 0.25) is 0 Å². The molecule has 0 saturated carbocycles. The fourth-order valence-electron chi connectivity index (χ4n) is 3.45. The van der Waals surface area contributed by atoms with Crippen molar-refractivity contribution in [3.8, 4) is 11.5 Å². The average molecular weight is 453 g/mol. The van der Waals surface area contributed by atoms with Gasteiger partial charge in [0.15, 0.2) is 11.5 Å². The van der Waals surface area contributed by atoms with Gasteiger partial charge in [0, 0.05) is 17.7 Å². The lowest BCUT2D eigenvalue weighted by Gasteiger charge is -2.21. The summed E-state index contributed by atoms with van der Waals surface area (Å²) in [5.74, 6) is 0.897. The number of nitrogens with one attached hydrogen (secondary N) is 2. The molecule has 0 unspecified atom stereocenters. The maximum absolute atomic E-state index is 12.9. The minimum Gasteiger partial charge on any atom is -0.486 e. The number of anilines is 1. The Labute approximate surface area is 187 Å². The van der Waals surface area contributed by atoms with Crippen LogP contribution in [0.2, 0.25) is 0 Å². The highest BCUT2D eigenvalue weighted by Gasteiger charge is 2.20. The molecule has 0 spiro atoms. The van der Waals surface area contributed by atoms with E-state index in [1.165, 1.54) is 12.1 Å². The lowest BCUT2D eigenvalue weighted by Crippen LogP contribution is -2.25. The van der Waals surface area contributed by atoms with Crippen LogP contribution in [0.15, 0.2) is 65.6 Å². The summed E-state index contributed by atoms with van der Waals surface area (Å²) in [7, 11) is -3.85. The van der Waals surface area contributed by atoms with E-state index in [1.807, 2.05) is 37.3 Å². The van der Waals surface area contributed by atoms with Crippen LogP contribution in [0.4, 0.5) is 5.69 Å². The molecule has 32 heavy (non-hydrogen) atoms. The predicted molar refractivity (Wildman–Crippen MR) is 122 cm³/mol. The molecule has 0 bridgehead atoms. The Morgan fingerprint density at radius 1 is 0.938 bits per heavy atom. The fourth-order valence-corrected chi connectivity index (χ4v) is 4.60. The number of rotatable bonds is 6. The number of carbonyl (C=O) groups excluding carboxylic acids is 1. The molecule has 1 amide bonds. The van der Waals surface area contributed by atoms with Crippen molar-refractivity contribution in [2.45, 2.75) is 25.3 Å². The van der Waals surface area contributed by atoms with Gasteiger partial charge in [-0.25, -0.2) is 8.42 Å². The van der Waals surface area contributed by atoms with E-state index in [-0.39, 0.29) is 17.3 Å². The Hall–Kier alpha value is -3.52. The zero-order valence-corrected chi connectivity index (χ0v) is 18.7. The highest BCUT2D eigenvalue weighted by molar-refractivity contribution is 7.92. The summed E-state index contributed by atoms with van der Waals surface area (Å²) >= 11 is 0. The molecule has 0 atom stereocenters. The number of hydrogen-bond donors (Lipinski definition) is 2. The van der Waals surface area contributed by atoms with Crippen LogP contribution in [-0.4, -0.2) is 27.5 Å². The van der Waals surface area contributed by atoms with Gasteiger partial charge < -0.3 is 14.8 Å². The number of ether oxygens (including phenoxy) is 2. The van der Waals surface area contributed by atoms with Crippen molar-refractivity contribution in [3.05, 3.63) is 82.9 Å². The van der Waals surface area contributed by atoms with Gasteiger partial charge in [0.25, 0.3) is 15.9 Å². The lowest BCUT2D eigenvalue weighted by atomic mass is 10.1. The summed E-state index contributed by atoms with van der Waals surface area (Å²) in [6, 6.07) is 17.1. The third-order valence-electron chi connectivity index (χ3n) is 5.24. The van der Waals surface area contributed by atoms with Crippen LogP contribution in [0.25, 0.3) is 0 Å². The van der Waals surface area contributed by atoms with E-state index >= 15 is 0 Å². The van der Waals surface area contributed by atoms with E-state index in [0.29, 0.717) is 41.5 Å². The van der Waals surface area contributed by atoms with E-state index in [1.54, 1.807) is 25.1 Å². The molecule has 0 radical (unpaired) electrons. The minimum absolute atomic E-state index is 0.0188. The molecule has 8 heteroatoms. The number of para-hydroxylation sites is 2. The number of carbonyl (C=O) groups is 1. The molecule has 4 rings (SSSR count).